The summed E-state index contributed by atoms with van der Waals surface area (Å²) >= 11 is 3.41. The average Bonchev–Trinajstić information content (AvgIpc) is 2.75. The molecule has 0 saturated carbocycles. The van der Waals surface area contributed by atoms with Crippen LogP contribution in [0.5, 0.6) is 0 Å². The second-order valence-electron chi connectivity index (χ2n) is 3.36. The fourth-order valence-electron chi connectivity index (χ4n) is 1.32. The summed E-state index contributed by atoms with van der Waals surface area (Å²) in [5.41, 5.74) is 0.928. The van der Waals surface area contributed by atoms with Gasteiger partial charge in [-0.25, -0.2) is 0 Å². The fourth-order valence-corrected chi connectivity index (χ4v) is 1.72. The van der Waals surface area contributed by atoms with Crippen molar-refractivity contribution in [3.05, 3.63) is 34.6 Å². The Morgan fingerprint density at radius 2 is 2.25 bits per heavy atom. The topological polar surface area (TPSA) is 51.0 Å². The molecule has 0 fully saturated rings. The Hall–Kier alpha value is -1.20. The van der Waals surface area contributed by atoms with E-state index in [0.29, 0.717) is 11.8 Å². The summed E-state index contributed by atoms with van der Waals surface area (Å²) in [6.07, 6.45) is 0.748. The van der Waals surface area contributed by atoms with Crippen molar-refractivity contribution in [3.63, 3.8) is 0 Å². The van der Waals surface area contributed by atoms with Gasteiger partial charge >= 0.3 is 0 Å². The second-order valence-corrected chi connectivity index (χ2v) is 4.28. The molecule has 5 heteroatoms. The third-order valence-corrected chi connectivity index (χ3v) is 2.62. The Labute approximate surface area is 102 Å². The molecule has 0 radical (unpaired) electrons. The quantitative estimate of drug-likeness (QED) is 0.934. The van der Waals surface area contributed by atoms with Gasteiger partial charge in [0.1, 0.15) is 0 Å². The summed E-state index contributed by atoms with van der Waals surface area (Å²) < 4.78 is 6.54. The van der Waals surface area contributed by atoms with Crippen LogP contribution in [0.15, 0.2) is 33.2 Å². The lowest BCUT2D eigenvalue weighted by Crippen LogP contribution is -2.10. The van der Waals surface area contributed by atoms with Crippen LogP contribution < -0.4 is 5.32 Å². The van der Waals surface area contributed by atoms with Gasteiger partial charge in [-0.05, 0) is 25.2 Å². The number of benzene rings is 1. The molecule has 2 rings (SSSR count). The fraction of sp³-hybridized carbons (Fsp3) is 0.273. The molecule has 1 N–H and O–H groups in total. The van der Waals surface area contributed by atoms with Crippen molar-refractivity contribution < 1.29 is 4.42 Å². The normalized spacial score (nSPS) is 10.6. The molecule has 1 aromatic carbocycles. The van der Waals surface area contributed by atoms with Crippen LogP contribution in [0.1, 0.15) is 5.89 Å². The van der Waals surface area contributed by atoms with Crippen LogP contribution in [0.2, 0.25) is 0 Å². The summed E-state index contributed by atoms with van der Waals surface area (Å²) in [7, 11) is 1.89. The van der Waals surface area contributed by atoms with Crippen molar-refractivity contribution >= 4 is 15.9 Å². The van der Waals surface area contributed by atoms with Crippen LogP contribution in [-0.2, 0) is 6.42 Å². The number of rotatable bonds is 4. The lowest BCUT2D eigenvalue weighted by atomic mass is 10.2. The minimum Gasteiger partial charge on any atom is -0.421 e. The Bertz CT molecular complexity index is 470. The van der Waals surface area contributed by atoms with Gasteiger partial charge < -0.3 is 9.73 Å². The van der Waals surface area contributed by atoms with Crippen LogP contribution in [-0.4, -0.2) is 23.8 Å². The standard InChI is InChI=1S/C11H12BrN3O/c1-13-6-5-10-14-15-11(16-10)8-3-2-4-9(12)7-8/h2-4,7,13H,5-6H2,1H3. The Balaban J connectivity index is 2.18. The van der Waals surface area contributed by atoms with E-state index in [9.17, 15) is 0 Å². The zero-order valence-electron chi connectivity index (χ0n) is 8.90. The first kappa shape index (κ1) is 11.3. The van der Waals surface area contributed by atoms with Crippen LogP contribution in [0.3, 0.4) is 0 Å². The number of nitrogens with zero attached hydrogens (tertiary/aromatic N) is 2. The molecular formula is C11H12BrN3O. The van der Waals surface area contributed by atoms with Gasteiger partial charge in [-0.15, -0.1) is 10.2 Å². The summed E-state index contributed by atoms with van der Waals surface area (Å²) in [6.45, 7) is 0.833. The molecule has 0 unspecified atom stereocenters. The maximum absolute atomic E-state index is 5.54. The van der Waals surface area contributed by atoms with Gasteiger partial charge in [0.05, 0.1) is 0 Å². The van der Waals surface area contributed by atoms with E-state index in [1.165, 1.54) is 0 Å². The van der Waals surface area contributed by atoms with Gasteiger partial charge in [0.15, 0.2) is 0 Å². The average molecular weight is 282 g/mol. The zero-order valence-corrected chi connectivity index (χ0v) is 10.5. The van der Waals surface area contributed by atoms with E-state index in [-0.39, 0.29) is 0 Å². The molecule has 16 heavy (non-hydrogen) atoms. The SMILES string of the molecule is CNCCc1nnc(-c2cccc(Br)c2)o1. The molecule has 0 spiro atoms. The Morgan fingerprint density at radius 3 is 3.00 bits per heavy atom. The number of likely N-dealkylation sites (N-methyl/N-ethyl adjacent to an activating group) is 1. The Kier molecular flexibility index (Phi) is 3.69. The number of aromatic nitrogens is 2. The zero-order chi connectivity index (χ0) is 11.4. The maximum atomic E-state index is 5.54. The van der Waals surface area contributed by atoms with E-state index in [4.69, 9.17) is 4.42 Å². The van der Waals surface area contributed by atoms with Crippen LogP contribution >= 0.6 is 15.9 Å². The highest BCUT2D eigenvalue weighted by molar-refractivity contribution is 9.10. The van der Waals surface area contributed by atoms with E-state index in [1.807, 2.05) is 31.3 Å². The predicted octanol–water partition coefficient (Wildman–Crippen LogP) is 2.26. The minimum atomic E-state index is 0.562. The maximum Gasteiger partial charge on any atom is 0.247 e. The van der Waals surface area contributed by atoms with Crippen LogP contribution in [0, 0.1) is 0 Å². The monoisotopic (exact) mass is 281 g/mol. The lowest BCUT2D eigenvalue weighted by Gasteiger charge is -1.95. The number of hydrogen-bond donors (Lipinski definition) is 1. The van der Waals surface area contributed by atoms with Gasteiger partial charge in [-0.1, -0.05) is 22.0 Å². The number of nitrogens with one attached hydrogen (secondary N) is 1. The molecule has 0 atom stereocenters. The van der Waals surface area contributed by atoms with E-state index < -0.39 is 0 Å². The number of halogens is 1. The molecule has 0 amide bonds. The number of hydrogen-bond acceptors (Lipinski definition) is 4. The van der Waals surface area contributed by atoms with Crippen molar-refractivity contribution in [2.45, 2.75) is 6.42 Å². The highest BCUT2D eigenvalue weighted by atomic mass is 79.9. The molecule has 2 aromatic rings. The highest BCUT2D eigenvalue weighted by Crippen LogP contribution is 2.21. The molecule has 0 aliphatic rings. The molecule has 0 saturated heterocycles. The lowest BCUT2D eigenvalue weighted by molar-refractivity contribution is 0.500. The first-order valence-electron chi connectivity index (χ1n) is 5.02. The van der Waals surface area contributed by atoms with E-state index in [0.717, 1.165) is 23.0 Å². The van der Waals surface area contributed by atoms with E-state index in [1.54, 1.807) is 0 Å². The third-order valence-electron chi connectivity index (χ3n) is 2.13. The van der Waals surface area contributed by atoms with Gasteiger partial charge in [-0.3, -0.25) is 0 Å². The van der Waals surface area contributed by atoms with Crippen molar-refractivity contribution in [2.75, 3.05) is 13.6 Å². The molecule has 1 heterocycles. The predicted molar refractivity (Wildman–Crippen MR) is 65.1 cm³/mol. The molecule has 1 aromatic heterocycles. The van der Waals surface area contributed by atoms with Crippen LogP contribution in [0.25, 0.3) is 11.5 Å². The van der Waals surface area contributed by atoms with Crippen molar-refractivity contribution in [1.82, 2.24) is 15.5 Å². The molecule has 4 nitrogen and oxygen atoms in total. The molecule has 0 bridgehead atoms. The van der Waals surface area contributed by atoms with Crippen molar-refractivity contribution in [3.8, 4) is 11.5 Å². The molecule has 84 valence electrons. The smallest absolute Gasteiger partial charge is 0.247 e. The van der Waals surface area contributed by atoms with Crippen molar-refractivity contribution in [1.29, 1.82) is 0 Å². The molecular weight excluding hydrogens is 270 g/mol. The summed E-state index contributed by atoms with van der Waals surface area (Å²) in [6, 6.07) is 7.80. The van der Waals surface area contributed by atoms with Gasteiger partial charge in [-0.2, -0.15) is 0 Å². The second kappa shape index (κ2) is 5.23. The summed E-state index contributed by atoms with van der Waals surface area (Å²) in [5, 5.41) is 11.0. The molecule has 0 aliphatic heterocycles. The third kappa shape index (κ3) is 2.68. The Morgan fingerprint density at radius 1 is 1.38 bits per heavy atom. The first-order chi connectivity index (χ1) is 7.79. The van der Waals surface area contributed by atoms with Crippen molar-refractivity contribution in [2.24, 2.45) is 0 Å². The van der Waals surface area contributed by atoms with E-state index in [2.05, 4.69) is 31.4 Å². The van der Waals surface area contributed by atoms with Crippen LogP contribution in [0.4, 0.5) is 0 Å². The highest BCUT2D eigenvalue weighted by Gasteiger charge is 2.07. The van der Waals surface area contributed by atoms with Gasteiger partial charge in [0.25, 0.3) is 0 Å². The largest absolute Gasteiger partial charge is 0.421 e. The first-order valence-corrected chi connectivity index (χ1v) is 5.82. The minimum absolute atomic E-state index is 0.562. The molecule has 0 aliphatic carbocycles. The summed E-state index contributed by atoms with van der Waals surface area (Å²) in [5.74, 6) is 1.22. The van der Waals surface area contributed by atoms with E-state index >= 15 is 0 Å². The summed E-state index contributed by atoms with van der Waals surface area (Å²) in [4.78, 5) is 0. The van der Waals surface area contributed by atoms with Gasteiger partial charge in [0, 0.05) is 23.0 Å². The van der Waals surface area contributed by atoms with Gasteiger partial charge in [0.2, 0.25) is 11.8 Å².